The molecule has 1 unspecified atom stereocenters. The van der Waals surface area contributed by atoms with E-state index in [-0.39, 0.29) is 6.61 Å². The normalized spacial score (nSPS) is 13.2. The van der Waals surface area contributed by atoms with E-state index in [0.717, 1.165) is 22.9 Å². The van der Waals surface area contributed by atoms with E-state index in [4.69, 9.17) is 4.74 Å². The van der Waals surface area contributed by atoms with E-state index < -0.39 is 6.10 Å². The van der Waals surface area contributed by atoms with Crippen LogP contribution >= 0.6 is 0 Å². The van der Waals surface area contributed by atoms with Gasteiger partial charge in [0.2, 0.25) is 0 Å². The highest BCUT2D eigenvalue weighted by Crippen LogP contribution is 2.41. The number of fused-ring (bicyclic) bond motifs is 3. The molecule has 3 aromatic carbocycles. The van der Waals surface area contributed by atoms with Crippen LogP contribution in [0.2, 0.25) is 0 Å². The van der Waals surface area contributed by atoms with Crippen molar-refractivity contribution in [2.45, 2.75) is 19.4 Å². The molecule has 1 aliphatic rings. The number of hydrogen-bond donors (Lipinski definition) is 1. The Morgan fingerprint density at radius 2 is 1.56 bits per heavy atom. The Labute approximate surface area is 151 Å². The molecule has 0 fully saturated rings. The van der Waals surface area contributed by atoms with Gasteiger partial charge in [0.15, 0.2) is 0 Å². The highest BCUT2D eigenvalue weighted by atomic mass is 28.1. The lowest BCUT2D eigenvalue weighted by Crippen LogP contribution is -2.18. The Hall–Kier alpha value is -2.36. The van der Waals surface area contributed by atoms with Gasteiger partial charge in [0.25, 0.3) is 0 Å². The van der Waals surface area contributed by atoms with Gasteiger partial charge in [-0.15, -0.1) is 0 Å². The molecule has 0 amide bonds. The van der Waals surface area contributed by atoms with Crippen molar-refractivity contribution in [2.75, 3.05) is 6.61 Å². The standard InChI is InChI=1S/C22H19O2Si/c1-14(23)13-24-21-11-5-10-19(22(21)25)18-9-4-8-17-16-7-3-2-6-15(16)12-20(17)18/h2-11,14,23H,12-13H2,1H3. The first kappa shape index (κ1) is 16.1. The summed E-state index contributed by atoms with van der Waals surface area (Å²) < 4.78 is 5.74. The summed E-state index contributed by atoms with van der Waals surface area (Å²) >= 11 is 0. The van der Waals surface area contributed by atoms with E-state index in [1.807, 2.05) is 12.1 Å². The van der Waals surface area contributed by atoms with E-state index in [1.54, 1.807) is 6.92 Å². The molecule has 1 N–H and O–H groups in total. The number of benzene rings is 3. The van der Waals surface area contributed by atoms with Crippen LogP contribution in [0.15, 0.2) is 60.7 Å². The molecule has 3 aromatic rings. The molecule has 0 aliphatic heterocycles. The van der Waals surface area contributed by atoms with E-state index in [2.05, 4.69) is 58.8 Å². The van der Waals surface area contributed by atoms with Crippen LogP contribution < -0.4 is 9.92 Å². The molecule has 0 bridgehead atoms. The van der Waals surface area contributed by atoms with Crippen molar-refractivity contribution in [1.29, 1.82) is 0 Å². The maximum Gasteiger partial charge on any atom is 0.118 e. The average molecular weight is 343 g/mol. The lowest BCUT2D eigenvalue weighted by Gasteiger charge is -2.16. The summed E-state index contributed by atoms with van der Waals surface area (Å²) in [5, 5.41) is 10.4. The van der Waals surface area contributed by atoms with E-state index in [0.29, 0.717) is 0 Å². The number of aliphatic hydroxyl groups excluding tert-OH is 1. The fourth-order valence-corrected chi connectivity index (χ4v) is 3.87. The molecule has 123 valence electrons. The minimum atomic E-state index is -0.495. The third-order valence-electron chi connectivity index (χ3n) is 4.65. The van der Waals surface area contributed by atoms with Gasteiger partial charge in [-0.25, -0.2) is 0 Å². The minimum absolute atomic E-state index is 0.277. The first-order chi connectivity index (χ1) is 12.1. The Morgan fingerprint density at radius 3 is 2.36 bits per heavy atom. The topological polar surface area (TPSA) is 29.5 Å². The molecule has 3 heteroatoms. The van der Waals surface area contributed by atoms with Crippen molar-refractivity contribution in [3.8, 4) is 28.0 Å². The lowest BCUT2D eigenvalue weighted by molar-refractivity contribution is 0.123. The average Bonchev–Trinajstić information content (AvgIpc) is 3.00. The van der Waals surface area contributed by atoms with Crippen LogP contribution in [0.4, 0.5) is 0 Å². The highest BCUT2D eigenvalue weighted by molar-refractivity contribution is 6.38. The van der Waals surface area contributed by atoms with Crippen molar-refractivity contribution in [3.63, 3.8) is 0 Å². The number of hydrogen-bond acceptors (Lipinski definition) is 2. The molecular formula is C22H19O2Si. The fourth-order valence-electron chi connectivity index (χ4n) is 3.50. The lowest BCUT2D eigenvalue weighted by atomic mass is 9.95. The first-order valence-corrected chi connectivity index (χ1v) is 9.01. The maximum absolute atomic E-state index is 9.48. The van der Waals surface area contributed by atoms with Crippen LogP contribution in [0.25, 0.3) is 22.3 Å². The van der Waals surface area contributed by atoms with Crippen LogP contribution in [0.5, 0.6) is 5.75 Å². The SMILES string of the molecule is CC(O)COc1cccc(-c2cccc3c2Cc2ccccc2-3)c1[Si]. The molecule has 25 heavy (non-hydrogen) atoms. The van der Waals surface area contributed by atoms with Gasteiger partial charge in [-0.3, -0.25) is 0 Å². The number of ether oxygens (including phenoxy) is 1. The molecule has 0 saturated heterocycles. The summed E-state index contributed by atoms with van der Waals surface area (Å²) in [7, 11) is 3.76. The smallest absolute Gasteiger partial charge is 0.118 e. The zero-order valence-electron chi connectivity index (χ0n) is 14.1. The predicted molar refractivity (Wildman–Crippen MR) is 103 cm³/mol. The number of rotatable bonds is 4. The molecule has 0 aromatic heterocycles. The monoisotopic (exact) mass is 343 g/mol. The molecule has 1 aliphatic carbocycles. The molecule has 0 heterocycles. The van der Waals surface area contributed by atoms with Gasteiger partial charge in [-0.05, 0) is 58.0 Å². The second kappa shape index (κ2) is 6.51. The van der Waals surface area contributed by atoms with E-state index >= 15 is 0 Å². The van der Waals surface area contributed by atoms with Crippen LogP contribution in [0.1, 0.15) is 18.1 Å². The van der Waals surface area contributed by atoms with Crippen molar-refractivity contribution in [1.82, 2.24) is 0 Å². The zero-order chi connectivity index (χ0) is 17.4. The van der Waals surface area contributed by atoms with Crippen LogP contribution in [-0.2, 0) is 6.42 Å². The van der Waals surface area contributed by atoms with Gasteiger partial charge < -0.3 is 9.84 Å². The van der Waals surface area contributed by atoms with Crippen LogP contribution in [0.3, 0.4) is 0 Å². The first-order valence-electron chi connectivity index (χ1n) is 8.51. The second-order valence-electron chi connectivity index (χ2n) is 6.50. The fraction of sp³-hybridized carbons (Fsp3) is 0.182. The Balaban J connectivity index is 1.79. The van der Waals surface area contributed by atoms with Crippen molar-refractivity contribution in [2.24, 2.45) is 0 Å². The van der Waals surface area contributed by atoms with Crippen molar-refractivity contribution < 1.29 is 9.84 Å². The van der Waals surface area contributed by atoms with E-state index in [1.165, 1.54) is 27.8 Å². The molecule has 0 spiro atoms. The summed E-state index contributed by atoms with van der Waals surface area (Å²) in [5.74, 6) is 0.753. The summed E-state index contributed by atoms with van der Waals surface area (Å²) in [5.41, 5.74) is 7.72. The summed E-state index contributed by atoms with van der Waals surface area (Å²) in [6.45, 7) is 2.00. The van der Waals surface area contributed by atoms with Crippen LogP contribution in [0, 0.1) is 0 Å². The molecule has 4 rings (SSSR count). The molecule has 2 nitrogen and oxygen atoms in total. The maximum atomic E-state index is 9.48. The van der Waals surface area contributed by atoms with Gasteiger partial charge in [-0.2, -0.15) is 0 Å². The largest absolute Gasteiger partial charge is 0.491 e. The zero-order valence-corrected chi connectivity index (χ0v) is 15.1. The van der Waals surface area contributed by atoms with Gasteiger partial charge in [0.1, 0.15) is 12.4 Å². The molecule has 1 atom stereocenters. The second-order valence-corrected chi connectivity index (χ2v) is 7.00. The van der Waals surface area contributed by atoms with Gasteiger partial charge >= 0.3 is 0 Å². The Morgan fingerprint density at radius 1 is 0.920 bits per heavy atom. The third-order valence-corrected chi connectivity index (χ3v) is 5.16. The highest BCUT2D eigenvalue weighted by Gasteiger charge is 2.22. The van der Waals surface area contributed by atoms with Gasteiger partial charge in [0, 0.05) is 0 Å². The molecular weight excluding hydrogens is 324 g/mol. The summed E-state index contributed by atoms with van der Waals surface area (Å²) in [6, 6.07) is 21.1. The van der Waals surface area contributed by atoms with Crippen LogP contribution in [-0.4, -0.2) is 28.1 Å². The van der Waals surface area contributed by atoms with Crippen molar-refractivity contribution >= 4 is 15.4 Å². The predicted octanol–water partition coefficient (Wildman–Crippen LogP) is 3.48. The quantitative estimate of drug-likeness (QED) is 0.575. The van der Waals surface area contributed by atoms with E-state index in [9.17, 15) is 5.11 Å². The molecule has 0 saturated carbocycles. The third kappa shape index (κ3) is 2.90. The minimum Gasteiger partial charge on any atom is -0.491 e. The summed E-state index contributed by atoms with van der Waals surface area (Å²) in [6.07, 6.45) is 0.455. The van der Waals surface area contributed by atoms with Gasteiger partial charge in [0.05, 0.1) is 16.3 Å². The van der Waals surface area contributed by atoms with Crippen molar-refractivity contribution in [3.05, 3.63) is 71.8 Å². The Kier molecular flexibility index (Phi) is 4.20. The summed E-state index contributed by atoms with van der Waals surface area (Å²) in [4.78, 5) is 0. The number of aliphatic hydroxyl groups is 1. The van der Waals surface area contributed by atoms with Gasteiger partial charge in [-0.1, -0.05) is 54.6 Å². The Bertz CT molecular complexity index is 931. The molecule has 3 radical (unpaired) electrons.